The second-order valence-corrected chi connectivity index (χ2v) is 8.87. The van der Waals surface area contributed by atoms with E-state index in [2.05, 4.69) is 22.4 Å². The number of carbonyl (C=O) groups excluding carboxylic acids is 2. The van der Waals surface area contributed by atoms with Crippen LogP contribution in [0.2, 0.25) is 0 Å². The zero-order valence-electron chi connectivity index (χ0n) is 16.6. The van der Waals surface area contributed by atoms with E-state index in [0.717, 1.165) is 24.2 Å². The Morgan fingerprint density at radius 2 is 1.83 bits per heavy atom. The summed E-state index contributed by atoms with van der Waals surface area (Å²) in [4.78, 5) is 24.6. The number of aromatic nitrogens is 2. The number of thioether (sulfide) groups is 1. The van der Waals surface area contributed by atoms with Gasteiger partial charge in [-0.25, -0.2) is 4.39 Å². The maximum absolute atomic E-state index is 13.7. The number of aryl methyl sites for hydroxylation is 1. The van der Waals surface area contributed by atoms with Crippen molar-refractivity contribution in [2.24, 2.45) is 0 Å². The number of ketones is 1. The molecule has 0 fully saturated rings. The lowest BCUT2D eigenvalue weighted by Gasteiger charge is -2.03. The number of amides is 1. The molecule has 156 valence electrons. The fourth-order valence-corrected chi connectivity index (χ4v) is 4.42. The van der Waals surface area contributed by atoms with Crippen molar-refractivity contribution in [2.45, 2.75) is 36.9 Å². The van der Waals surface area contributed by atoms with E-state index in [1.54, 1.807) is 6.07 Å². The van der Waals surface area contributed by atoms with Crippen molar-refractivity contribution >= 4 is 39.9 Å². The van der Waals surface area contributed by atoms with Crippen LogP contribution in [0.25, 0.3) is 0 Å². The third kappa shape index (κ3) is 6.21. The summed E-state index contributed by atoms with van der Waals surface area (Å²) in [5.41, 5.74) is 1.85. The first-order chi connectivity index (χ1) is 14.6. The molecule has 0 aliphatic carbocycles. The minimum absolute atomic E-state index is 0.00671. The van der Waals surface area contributed by atoms with Gasteiger partial charge in [-0.3, -0.25) is 14.9 Å². The first-order valence-electron chi connectivity index (χ1n) is 9.71. The summed E-state index contributed by atoms with van der Waals surface area (Å²) in [6.45, 7) is 2.18. The minimum Gasteiger partial charge on any atom is -0.296 e. The van der Waals surface area contributed by atoms with Crippen molar-refractivity contribution < 1.29 is 14.0 Å². The molecule has 0 spiro atoms. The largest absolute Gasteiger partial charge is 0.296 e. The summed E-state index contributed by atoms with van der Waals surface area (Å²) >= 11 is 2.41. The molecule has 3 aromatic rings. The van der Waals surface area contributed by atoms with Crippen LogP contribution in [-0.2, 0) is 6.42 Å². The maximum atomic E-state index is 13.7. The predicted octanol–water partition coefficient (Wildman–Crippen LogP) is 5.64. The lowest BCUT2D eigenvalue weighted by atomic mass is 10.0. The molecule has 0 radical (unpaired) electrons. The average molecular weight is 444 g/mol. The molecule has 0 unspecified atom stereocenters. The Bertz CT molecular complexity index is 1010. The summed E-state index contributed by atoms with van der Waals surface area (Å²) in [5.74, 6) is -0.954. The maximum Gasteiger partial charge on any atom is 0.260 e. The van der Waals surface area contributed by atoms with Gasteiger partial charge >= 0.3 is 0 Å². The molecule has 0 aliphatic rings. The van der Waals surface area contributed by atoms with E-state index in [1.807, 2.05) is 24.3 Å². The highest BCUT2D eigenvalue weighted by molar-refractivity contribution is 8.01. The summed E-state index contributed by atoms with van der Waals surface area (Å²) in [5, 5.41) is 10.7. The molecule has 2 aromatic carbocycles. The fraction of sp³-hybridized carbons (Fsp3) is 0.273. The van der Waals surface area contributed by atoms with Crippen molar-refractivity contribution in [2.75, 3.05) is 11.1 Å². The number of halogens is 1. The lowest BCUT2D eigenvalue weighted by molar-refractivity contribution is 0.101. The van der Waals surface area contributed by atoms with Gasteiger partial charge in [0.2, 0.25) is 5.13 Å². The molecular weight excluding hydrogens is 421 g/mol. The summed E-state index contributed by atoms with van der Waals surface area (Å²) in [7, 11) is 0. The Morgan fingerprint density at radius 3 is 2.57 bits per heavy atom. The third-order valence-electron chi connectivity index (χ3n) is 4.42. The van der Waals surface area contributed by atoms with Crippen molar-refractivity contribution in [3.05, 3.63) is 71.0 Å². The van der Waals surface area contributed by atoms with Gasteiger partial charge in [-0.05, 0) is 30.5 Å². The number of Topliss-reactive ketones (excluding diaryl/α,β-unsaturated/α-hetero) is 1. The van der Waals surface area contributed by atoms with Crippen LogP contribution in [0.4, 0.5) is 9.52 Å². The number of benzene rings is 2. The van der Waals surface area contributed by atoms with Crippen molar-refractivity contribution in [1.82, 2.24) is 10.2 Å². The van der Waals surface area contributed by atoms with Gasteiger partial charge in [0.05, 0.1) is 11.3 Å². The van der Waals surface area contributed by atoms with Crippen LogP contribution >= 0.6 is 23.1 Å². The number of hydrogen-bond donors (Lipinski definition) is 1. The van der Waals surface area contributed by atoms with Crippen molar-refractivity contribution in [1.29, 1.82) is 0 Å². The number of nitrogens with zero attached hydrogens (tertiary/aromatic N) is 2. The van der Waals surface area contributed by atoms with Gasteiger partial charge in [0.25, 0.3) is 5.91 Å². The van der Waals surface area contributed by atoms with Gasteiger partial charge in [-0.1, -0.05) is 79.3 Å². The summed E-state index contributed by atoms with van der Waals surface area (Å²) in [6.07, 6.45) is 4.59. The van der Waals surface area contributed by atoms with E-state index >= 15 is 0 Å². The highest BCUT2D eigenvalue weighted by Gasteiger charge is 2.15. The van der Waals surface area contributed by atoms with Gasteiger partial charge in [0.1, 0.15) is 5.82 Å². The van der Waals surface area contributed by atoms with E-state index < -0.39 is 11.7 Å². The van der Waals surface area contributed by atoms with E-state index in [1.165, 1.54) is 48.4 Å². The molecule has 8 heteroatoms. The number of carbonyl (C=O) groups is 2. The Balaban J connectivity index is 1.50. The van der Waals surface area contributed by atoms with Crippen LogP contribution in [-0.4, -0.2) is 27.6 Å². The van der Waals surface area contributed by atoms with Crippen LogP contribution < -0.4 is 5.32 Å². The molecule has 3 rings (SSSR count). The Hall–Kier alpha value is -2.58. The Labute approximate surface area is 183 Å². The van der Waals surface area contributed by atoms with Gasteiger partial charge < -0.3 is 0 Å². The zero-order chi connectivity index (χ0) is 21.3. The molecule has 1 amide bonds. The average Bonchev–Trinajstić information content (AvgIpc) is 3.20. The number of rotatable bonds is 10. The third-order valence-corrected chi connectivity index (χ3v) is 6.39. The highest BCUT2D eigenvalue weighted by atomic mass is 32.2. The number of unbranched alkanes of at least 4 members (excludes halogenated alkanes) is 2. The van der Waals surface area contributed by atoms with Gasteiger partial charge in [-0.15, -0.1) is 10.2 Å². The first kappa shape index (κ1) is 22.1. The SMILES string of the molecule is CCCCCc1ccc(C(=O)CSc2nnc(NC(=O)c3ccccc3F)s2)cc1. The van der Waals surface area contributed by atoms with Gasteiger partial charge in [0, 0.05) is 5.56 Å². The van der Waals surface area contributed by atoms with E-state index in [0.29, 0.717) is 9.90 Å². The van der Waals surface area contributed by atoms with Gasteiger partial charge in [0.15, 0.2) is 10.1 Å². The predicted molar refractivity (Wildman–Crippen MR) is 119 cm³/mol. The van der Waals surface area contributed by atoms with E-state index in [9.17, 15) is 14.0 Å². The quantitative estimate of drug-likeness (QED) is 0.190. The molecule has 1 heterocycles. The number of nitrogens with one attached hydrogen (secondary N) is 1. The topological polar surface area (TPSA) is 72.0 Å². The standard InChI is InChI=1S/C22H22FN3O2S2/c1-2-3-4-7-15-10-12-16(13-11-15)19(27)14-29-22-26-25-21(30-22)24-20(28)17-8-5-6-9-18(17)23/h5-6,8-13H,2-4,7,14H2,1H3,(H,24,25,28). The molecule has 0 atom stereocenters. The monoisotopic (exact) mass is 443 g/mol. The smallest absolute Gasteiger partial charge is 0.260 e. The fourth-order valence-electron chi connectivity index (χ4n) is 2.78. The lowest BCUT2D eigenvalue weighted by Crippen LogP contribution is -2.13. The molecule has 5 nitrogen and oxygen atoms in total. The van der Waals surface area contributed by atoms with Crippen LogP contribution in [0.5, 0.6) is 0 Å². The normalized spacial score (nSPS) is 10.7. The van der Waals surface area contributed by atoms with Crippen LogP contribution in [0.3, 0.4) is 0 Å². The highest BCUT2D eigenvalue weighted by Crippen LogP contribution is 2.26. The Morgan fingerprint density at radius 1 is 1.07 bits per heavy atom. The molecular formula is C22H22FN3O2S2. The number of anilines is 1. The number of hydrogen-bond acceptors (Lipinski definition) is 6. The van der Waals surface area contributed by atoms with Crippen LogP contribution in [0.15, 0.2) is 52.9 Å². The summed E-state index contributed by atoms with van der Waals surface area (Å²) < 4.78 is 14.2. The van der Waals surface area contributed by atoms with Crippen LogP contribution in [0, 0.1) is 5.82 Å². The second-order valence-electron chi connectivity index (χ2n) is 6.67. The first-order valence-corrected chi connectivity index (χ1v) is 11.5. The zero-order valence-corrected chi connectivity index (χ0v) is 18.2. The molecule has 0 bridgehead atoms. The summed E-state index contributed by atoms with van der Waals surface area (Å²) in [6, 6.07) is 13.5. The molecule has 0 saturated carbocycles. The van der Waals surface area contributed by atoms with E-state index in [-0.39, 0.29) is 22.2 Å². The van der Waals surface area contributed by atoms with Crippen molar-refractivity contribution in [3.8, 4) is 0 Å². The molecule has 0 saturated heterocycles. The van der Waals surface area contributed by atoms with Crippen LogP contribution in [0.1, 0.15) is 52.5 Å². The molecule has 1 N–H and O–H groups in total. The molecule has 30 heavy (non-hydrogen) atoms. The molecule has 0 aliphatic heterocycles. The van der Waals surface area contributed by atoms with E-state index in [4.69, 9.17) is 0 Å². The van der Waals surface area contributed by atoms with Crippen molar-refractivity contribution in [3.63, 3.8) is 0 Å². The Kier molecular flexibility index (Phi) is 8.10. The second kappa shape index (κ2) is 11.0. The minimum atomic E-state index is -0.601. The van der Waals surface area contributed by atoms with Gasteiger partial charge in [-0.2, -0.15) is 0 Å². The molecule has 1 aromatic heterocycles.